The summed E-state index contributed by atoms with van der Waals surface area (Å²) in [6.07, 6.45) is 2.43. The van der Waals surface area contributed by atoms with E-state index in [9.17, 15) is 4.57 Å². The monoisotopic (exact) mass is 563 g/mol. The van der Waals surface area contributed by atoms with Crippen LogP contribution in [0.3, 0.4) is 0 Å². The summed E-state index contributed by atoms with van der Waals surface area (Å²) in [5, 5.41) is 0. The first kappa shape index (κ1) is 24.3. The lowest BCUT2D eigenvalue weighted by Crippen LogP contribution is -2.41. The molecule has 31 heavy (non-hydrogen) atoms. The first-order chi connectivity index (χ1) is 14.8. The van der Waals surface area contributed by atoms with Crippen LogP contribution in [0.5, 0.6) is 17.2 Å². The summed E-state index contributed by atoms with van der Waals surface area (Å²) in [6.45, 7) is 0.813. The number of hydrogen-bond donors (Lipinski definition) is 3. The molecule has 1 aliphatic carbocycles. The lowest BCUT2D eigenvalue weighted by Gasteiger charge is -2.27. The summed E-state index contributed by atoms with van der Waals surface area (Å²) in [6, 6.07) is 15.4. The Hall–Kier alpha value is -1.36. The van der Waals surface area contributed by atoms with E-state index in [0.29, 0.717) is 13.2 Å². The summed E-state index contributed by atoms with van der Waals surface area (Å²) in [7, 11) is -2.87. The van der Waals surface area contributed by atoms with Crippen molar-refractivity contribution in [2.45, 2.75) is 30.7 Å². The molecule has 8 nitrogen and oxygen atoms in total. The Morgan fingerprint density at radius 2 is 1.77 bits per heavy atom. The Kier molecular flexibility index (Phi) is 8.60. The van der Waals surface area contributed by atoms with Gasteiger partial charge >= 0.3 is 7.82 Å². The molecule has 0 bridgehead atoms. The van der Waals surface area contributed by atoms with Crippen LogP contribution < -0.4 is 17.7 Å². The minimum Gasteiger partial charge on any atom is -0.497 e. The molecule has 170 valence electrons. The second kappa shape index (κ2) is 11.0. The summed E-state index contributed by atoms with van der Waals surface area (Å²) in [5.41, 5.74) is 0.726. The van der Waals surface area contributed by atoms with Gasteiger partial charge in [-0.15, -0.1) is 0 Å². The second-order valence-electron chi connectivity index (χ2n) is 7.52. The lowest BCUT2D eigenvalue weighted by atomic mass is 9.94. The Morgan fingerprint density at radius 1 is 1.10 bits per heavy atom. The normalized spacial score (nSPS) is 21.1. The topological polar surface area (TPSA) is 106 Å². The molecule has 0 heterocycles. The molecule has 1 fully saturated rings. The van der Waals surface area contributed by atoms with Crippen LogP contribution in [0.2, 0.25) is 0 Å². The van der Waals surface area contributed by atoms with Crippen molar-refractivity contribution in [3.8, 4) is 17.2 Å². The van der Waals surface area contributed by atoms with Gasteiger partial charge in [-0.25, -0.2) is 4.57 Å². The standard InChI is InChI=1S/C21H27INO7P/c1-27-19-3-2-4-20(13-19)29-12-11-28-18-7-5-16(6-8-18)17-9-10-21(14-17,23-22)15-30-31(24,25)26/h2-8,13,17,23H,9-12,14-15H2,1H3,(H2,24,25,26)/t17-,21-/m1/s1. The molecule has 0 radical (unpaired) electrons. The van der Waals surface area contributed by atoms with Crippen molar-refractivity contribution in [2.24, 2.45) is 0 Å². The molecule has 1 saturated carbocycles. The van der Waals surface area contributed by atoms with E-state index in [4.69, 9.17) is 28.5 Å². The highest BCUT2D eigenvalue weighted by molar-refractivity contribution is 14.1. The summed E-state index contributed by atoms with van der Waals surface area (Å²) >= 11 is 2.03. The van der Waals surface area contributed by atoms with Crippen molar-refractivity contribution in [2.75, 3.05) is 26.9 Å². The van der Waals surface area contributed by atoms with E-state index in [1.54, 1.807) is 7.11 Å². The van der Waals surface area contributed by atoms with E-state index in [0.717, 1.165) is 36.5 Å². The van der Waals surface area contributed by atoms with Crippen molar-refractivity contribution in [1.82, 2.24) is 3.53 Å². The number of halogens is 1. The number of ether oxygens (including phenoxy) is 3. The van der Waals surface area contributed by atoms with Crippen LogP contribution >= 0.6 is 30.7 Å². The van der Waals surface area contributed by atoms with Gasteiger partial charge in [0.05, 0.1) is 19.3 Å². The summed E-state index contributed by atoms with van der Waals surface area (Å²) in [4.78, 5) is 18.0. The minimum absolute atomic E-state index is 0.0226. The smallest absolute Gasteiger partial charge is 0.469 e. The molecule has 0 aliphatic heterocycles. The molecule has 3 N–H and O–H groups in total. The third kappa shape index (κ3) is 7.34. The minimum atomic E-state index is -4.49. The Balaban J connectivity index is 1.47. The summed E-state index contributed by atoms with van der Waals surface area (Å²) in [5.74, 6) is 2.53. The van der Waals surface area contributed by atoms with E-state index >= 15 is 0 Å². The lowest BCUT2D eigenvalue weighted by molar-refractivity contribution is 0.149. The van der Waals surface area contributed by atoms with Crippen molar-refractivity contribution in [3.05, 3.63) is 54.1 Å². The predicted molar refractivity (Wildman–Crippen MR) is 125 cm³/mol. The third-order valence-electron chi connectivity index (χ3n) is 5.33. The third-order valence-corrected chi connectivity index (χ3v) is 6.94. The Labute approximate surface area is 196 Å². The van der Waals surface area contributed by atoms with Crippen molar-refractivity contribution in [3.63, 3.8) is 0 Å². The van der Waals surface area contributed by atoms with Crippen LogP contribution in [0.25, 0.3) is 0 Å². The number of phosphoric acid groups is 1. The van der Waals surface area contributed by atoms with Crippen molar-refractivity contribution < 1.29 is 33.1 Å². The van der Waals surface area contributed by atoms with Gasteiger partial charge in [-0.05, 0) is 55.0 Å². The van der Waals surface area contributed by atoms with Gasteiger partial charge in [-0.2, -0.15) is 0 Å². The fraction of sp³-hybridized carbons (Fsp3) is 0.429. The first-order valence-corrected chi connectivity index (χ1v) is 12.5. The maximum atomic E-state index is 11.1. The fourth-order valence-electron chi connectivity index (χ4n) is 3.71. The zero-order valence-electron chi connectivity index (χ0n) is 17.2. The van der Waals surface area contributed by atoms with Gasteiger partial charge in [0, 0.05) is 28.9 Å². The largest absolute Gasteiger partial charge is 0.497 e. The molecule has 0 amide bonds. The van der Waals surface area contributed by atoms with Crippen molar-refractivity contribution in [1.29, 1.82) is 0 Å². The quantitative estimate of drug-likeness (QED) is 0.162. The average molecular weight is 563 g/mol. The second-order valence-corrected chi connectivity index (χ2v) is 9.30. The molecule has 2 aromatic rings. The van der Waals surface area contributed by atoms with Gasteiger partial charge in [-0.1, -0.05) is 18.2 Å². The van der Waals surface area contributed by atoms with E-state index in [1.807, 2.05) is 71.4 Å². The van der Waals surface area contributed by atoms with Gasteiger partial charge < -0.3 is 24.0 Å². The van der Waals surface area contributed by atoms with Gasteiger partial charge in [-0.3, -0.25) is 8.05 Å². The van der Waals surface area contributed by atoms with Gasteiger partial charge in [0.25, 0.3) is 0 Å². The van der Waals surface area contributed by atoms with Crippen molar-refractivity contribution >= 4 is 30.7 Å². The number of rotatable bonds is 11. The van der Waals surface area contributed by atoms with Gasteiger partial charge in [0.1, 0.15) is 30.5 Å². The van der Waals surface area contributed by atoms with Gasteiger partial charge in [0.2, 0.25) is 0 Å². The van der Waals surface area contributed by atoms with Gasteiger partial charge in [0.15, 0.2) is 0 Å². The fourth-order valence-corrected chi connectivity index (χ4v) is 4.77. The number of hydrogen-bond acceptors (Lipinski definition) is 6. The molecule has 3 rings (SSSR count). The Morgan fingerprint density at radius 3 is 2.42 bits per heavy atom. The van der Waals surface area contributed by atoms with Crippen LogP contribution in [0.4, 0.5) is 0 Å². The molecule has 2 aromatic carbocycles. The van der Waals surface area contributed by atoms with E-state index in [2.05, 4.69) is 3.53 Å². The molecule has 2 atom stereocenters. The number of methoxy groups -OCH3 is 1. The van der Waals surface area contributed by atoms with Crippen LogP contribution in [0.15, 0.2) is 48.5 Å². The molecule has 0 unspecified atom stereocenters. The zero-order valence-corrected chi connectivity index (χ0v) is 20.3. The highest BCUT2D eigenvalue weighted by Gasteiger charge is 2.40. The highest BCUT2D eigenvalue weighted by Crippen LogP contribution is 2.45. The number of benzene rings is 2. The van der Waals surface area contributed by atoms with E-state index < -0.39 is 13.4 Å². The SMILES string of the molecule is COc1cccc(OCCOc2ccc([C@@H]3CC[C@@](COP(=O)(O)O)(NI)C3)cc2)c1. The first-order valence-electron chi connectivity index (χ1n) is 9.90. The molecule has 10 heteroatoms. The average Bonchev–Trinajstić information content (AvgIpc) is 3.21. The van der Waals surface area contributed by atoms with Crippen LogP contribution in [-0.2, 0) is 9.09 Å². The van der Waals surface area contributed by atoms with E-state index in [1.165, 1.54) is 5.56 Å². The molecule has 0 aromatic heterocycles. The Bertz CT molecular complexity index is 892. The number of nitrogens with one attached hydrogen (secondary N) is 1. The molecular formula is C21H27INO7P. The van der Waals surface area contributed by atoms with Crippen LogP contribution in [-0.4, -0.2) is 42.3 Å². The van der Waals surface area contributed by atoms with E-state index in [-0.39, 0.29) is 12.5 Å². The van der Waals surface area contributed by atoms with Crippen LogP contribution in [0.1, 0.15) is 30.7 Å². The maximum absolute atomic E-state index is 11.1. The molecule has 1 aliphatic rings. The summed E-state index contributed by atoms with van der Waals surface area (Å²) < 4.78 is 35.6. The maximum Gasteiger partial charge on any atom is 0.469 e. The zero-order chi connectivity index (χ0) is 22.3. The number of phosphoric ester groups is 1. The van der Waals surface area contributed by atoms with Crippen LogP contribution in [0, 0.1) is 0 Å². The highest BCUT2D eigenvalue weighted by atomic mass is 127. The molecular weight excluding hydrogens is 536 g/mol. The molecule has 0 saturated heterocycles. The predicted octanol–water partition coefficient (Wildman–Crippen LogP) is 4.21. The molecule has 0 spiro atoms.